The van der Waals surface area contributed by atoms with E-state index in [9.17, 15) is 9.59 Å². The molecule has 202 valence electrons. The van der Waals surface area contributed by atoms with E-state index >= 15 is 0 Å². The quantitative estimate of drug-likeness (QED) is 0.413. The third kappa shape index (κ3) is 5.55. The molecule has 2 atom stereocenters. The summed E-state index contributed by atoms with van der Waals surface area (Å²) < 4.78 is 8.31. The van der Waals surface area contributed by atoms with Crippen LogP contribution in [-0.2, 0) is 9.53 Å². The highest BCUT2D eigenvalue weighted by Gasteiger charge is 2.33. The number of nitrogens with zero attached hydrogens (tertiary/aromatic N) is 2. The van der Waals surface area contributed by atoms with Crippen molar-refractivity contribution in [1.82, 2.24) is 20.1 Å². The molecule has 1 aliphatic heterocycles. The van der Waals surface area contributed by atoms with Gasteiger partial charge in [-0.3, -0.25) is 4.79 Å². The van der Waals surface area contributed by atoms with Crippen molar-refractivity contribution in [1.29, 1.82) is 0 Å². The third-order valence-electron chi connectivity index (χ3n) is 7.99. The highest BCUT2D eigenvalue weighted by Crippen LogP contribution is 2.45. The van der Waals surface area contributed by atoms with Crippen molar-refractivity contribution in [2.24, 2.45) is 0 Å². The minimum Gasteiger partial charge on any atom is -0.373 e. The van der Waals surface area contributed by atoms with Gasteiger partial charge in [-0.05, 0) is 56.1 Å². The number of ether oxygens (including phenoxy) is 1. The zero-order valence-corrected chi connectivity index (χ0v) is 22.6. The van der Waals surface area contributed by atoms with Gasteiger partial charge in [0.15, 0.2) is 0 Å². The predicted octanol–water partition coefficient (Wildman–Crippen LogP) is 4.38. The van der Waals surface area contributed by atoms with E-state index in [1.165, 1.54) is 24.8 Å². The summed E-state index contributed by atoms with van der Waals surface area (Å²) in [6, 6.07) is 15.9. The molecule has 5 rings (SSSR count). The first-order valence-electron chi connectivity index (χ1n) is 14.0. The first kappa shape index (κ1) is 26.6. The summed E-state index contributed by atoms with van der Waals surface area (Å²) in [5.74, 6) is 0.320. The zero-order chi connectivity index (χ0) is 26.5. The molecule has 0 bridgehead atoms. The van der Waals surface area contributed by atoms with Crippen LogP contribution in [-0.4, -0.2) is 74.6 Å². The maximum Gasteiger partial charge on any atom is 0.251 e. The van der Waals surface area contributed by atoms with Crippen LogP contribution in [0.4, 0.5) is 0 Å². The Bertz CT molecular complexity index is 1240. The van der Waals surface area contributed by atoms with Crippen LogP contribution >= 0.6 is 0 Å². The summed E-state index contributed by atoms with van der Waals surface area (Å²) in [5, 5.41) is 7.57. The van der Waals surface area contributed by atoms with Gasteiger partial charge in [0, 0.05) is 37.1 Å². The molecule has 7 nitrogen and oxygen atoms in total. The van der Waals surface area contributed by atoms with E-state index in [1.54, 1.807) is 0 Å². The number of fused-ring (bicyclic) bond motifs is 1. The van der Waals surface area contributed by atoms with Gasteiger partial charge >= 0.3 is 0 Å². The normalized spacial score (nSPS) is 19.5. The van der Waals surface area contributed by atoms with Crippen molar-refractivity contribution in [3.05, 3.63) is 59.7 Å². The van der Waals surface area contributed by atoms with Crippen LogP contribution in [0.5, 0.6) is 0 Å². The van der Waals surface area contributed by atoms with Crippen molar-refractivity contribution in [3.8, 4) is 11.3 Å². The van der Waals surface area contributed by atoms with E-state index < -0.39 is 6.04 Å². The average molecular weight is 517 g/mol. The lowest BCUT2D eigenvalue weighted by Gasteiger charge is -2.31. The topological polar surface area (TPSA) is 75.6 Å². The monoisotopic (exact) mass is 516 g/mol. The molecule has 1 aliphatic carbocycles. The van der Waals surface area contributed by atoms with Crippen molar-refractivity contribution in [3.63, 3.8) is 0 Å². The van der Waals surface area contributed by atoms with Gasteiger partial charge in [-0.15, -0.1) is 0 Å². The van der Waals surface area contributed by atoms with E-state index in [4.69, 9.17) is 4.74 Å². The molecule has 3 aromatic rings. The number of aldehydes is 1. The van der Waals surface area contributed by atoms with Crippen LogP contribution in [0.15, 0.2) is 48.5 Å². The lowest BCUT2D eigenvalue weighted by Crippen LogP contribution is -2.44. The number of carbonyl (C=O) groups excluding carboxylic acids is 2. The molecule has 1 saturated carbocycles. The molecular weight excluding hydrogens is 476 g/mol. The van der Waals surface area contributed by atoms with E-state index in [0.29, 0.717) is 31.2 Å². The predicted molar refractivity (Wildman–Crippen MR) is 152 cm³/mol. The Kier molecular flexibility index (Phi) is 8.57. The number of morpholine rings is 1. The molecule has 2 N–H and O–H groups in total. The Balaban J connectivity index is 1.70. The summed E-state index contributed by atoms with van der Waals surface area (Å²) in [7, 11) is 3.98. The lowest BCUT2D eigenvalue weighted by atomic mass is 9.81. The van der Waals surface area contributed by atoms with Gasteiger partial charge in [-0.2, -0.15) is 0 Å². The molecule has 0 spiro atoms. The Morgan fingerprint density at radius 3 is 2.63 bits per heavy atom. The van der Waals surface area contributed by atoms with E-state index in [1.807, 2.05) is 37.2 Å². The minimum absolute atomic E-state index is 0.0970. The molecule has 2 fully saturated rings. The average Bonchev–Trinajstić information content (AvgIpc) is 3.29. The summed E-state index contributed by atoms with van der Waals surface area (Å²) >= 11 is 0. The Morgan fingerprint density at radius 1 is 1.16 bits per heavy atom. The number of hydrogen-bond acceptors (Lipinski definition) is 5. The molecule has 2 unspecified atom stereocenters. The second-order valence-corrected chi connectivity index (χ2v) is 10.9. The van der Waals surface area contributed by atoms with Gasteiger partial charge in [0.05, 0.1) is 23.9 Å². The fourth-order valence-corrected chi connectivity index (χ4v) is 6.10. The first-order chi connectivity index (χ1) is 18.6. The molecule has 1 aromatic heterocycles. The summed E-state index contributed by atoms with van der Waals surface area (Å²) in [6.07, 6.45) is 6.72. The van der Waals surface area contributed by atoms with Gasteiger partial charge in [-0.25, -0.2) is 0 Å². The van der Waals surface area contributed by atoms with Crippen LogP contribution in [0.25, 0.3) is 22.2 Å². The molecule has 2 aliphatic rings. The first-order valence-corrected chi connectivity index (χ1v) is 14.0. The molecule has 2 heterocycles. The van der Waals surface area contributed by atoms with E-state index in [2.05, 4.69) is 45.5 Å². The van der Waals surface area contributed by atoms with Crippen molar-refractivity contribution in [2.75, 3.05) is 46.9 Å². The van der Waals surface area contributed by atoms with Crippen molar-refractivity contribution >= 4 is 23.1 Å². The number of nitrogens with one attached hydrogen (secondary N) is 2. The molecule has 1 saturated heterocycles. The smallest absolute Gasteiger partial charge is 0.251 e. The standard InChI is InChI=1S/C31H40N4O3/c1-34(2)17-15-33-31(37)24-13-14-25-26(19-24)35(27(21-36)28-20-32-16-18-38-28)30(23-11-7-4-8-12-23)29(25)22-9-5-3-6-10-22/h4,7-8,11-14,19,21-22,27-28,32H,3,5-6,9-10,15-18,20H2,1-2H3,(H,33,37). The lowest BCUT2D eigenvalue weighted by molar-refractivity contribution is -0.115. The molecule has 0 radical (unpaired) electrons. The van der Waals surface area contributed by atoms with Crippen LogP contribution in [0.2, 0.25) is 0 Å². The van der Waals surface area contributed by atoms with Gasteiger partial charge in [0.1, 0.15) is 12.3 Å². The maximum absolute atomic E-state index is 13.1. The SMILES string of the molecule is CN(C)CCNC(=O)c1ccc2c(C3CCCCC3)c(-c3ccccc3)n(C(C=O)C3CNCCO3)c2c1. The minimum atomic E-state index is -0.509. The van der Waals surface area contributed by atoms with Crippen molar-refractivity contribution < 1.29 is 14.3 Å². The number of amides is 1. The second kappa shape index (κ2) is 12.2. The van der Waals surface area contributed by atoms with Gasteiger partial charge in [0.2, 0.25) is 0 Å². The van der Waals surface area contributed by atoms with Gasteiger partial charge in [-0.1, -0.05) is 55.7 Å². The van der Waals surface area contributed by atoms with Crippen LogP contribution < -0.4 is 10.6 Å². The summed E-state index contributed by atoms with van der Waals surface area (Å²) in [6.45, 7) is 3.31. The Labute approximate surface area is 225 Å². The zero-order valence-electron chi connectivity index (χ0n) is 22.6. The number of rotatable bonds is 9. The van der Waals surface area contributed by atoms with Crippen LogP contribution in [0.1, 0.15) is 60.0 Å². The van der Waals surface area contributed by atoms with E-state index in [-0.39, 0.29) is 12.0 Å². The van der Waals surface area contributed by atoms with Crippen LogP contribution in [0, 0.1) is 0 Å². The summed E-state index contributed by atoms with van der Waals surface area (Å²) in [4.78, 5) is 28.0. The number of aromatic nitrogens is 1. The summed E-state index contributed by atoms with van der Waals surface area (Å²) in [5.41, 5.74) is 5.02. The fourth-order valence-electron chi connectivity index (χ4n) is 6.10. The largest absolute Gasteiger partial charge is 0.373 e. The van der Waals surface area contributed by atoms with Crippen LogP contribution in [0.3, 0.4) is 0 Å². The van der Waals surface area contributed by atoms with Gasteiger partial charge < -0.3 is 29.6 Å². The molecule has 1 amide bonds. The Morgan fingerprint density at radius 2 is 1.95 bits per heavy atom. The third-order valence-corrected chi connectivity index (χ3v) is 7.99. The number of hydrogen-bond donors (Lipinski definition) is 2. The maximum atomic E-state index is 13.1. The number of benzene rings is 2. The van der Waals surface area contributed by atoms with Crippen molar-refractivity contribution in [2.45, 2.75) is 50.2 Å². The molecule has 2 aromatic carbocycles. The fraction of sp³-hybridized carbons (Fsp3) is 0.484. The Hall–Kier alpha value is -3.00. The van der Waals surface area contributed by atoms with Gasteiger partial charge in [0.25, 0.3) is 5.91 Å². The highest BCUT2D eigenvalue weighted by molar-refractivity contribution is 6.01. The molecular formula is C31H40N4O3. The second-order valence-electron chi connectivity index (χ2n) is 10.9. The number of likely N-dealkylation sites (N-methyl/N-ethyl adjacent to an activating group) is 1. The number of carbonyl (C=O) groups is 2. The highest BCUT2D eigenvalue weighted by atomic mass is 16.5. The molecule has 38 heavy (non-hydrogen) atoms. The molecule has 7 heteroatoms. The van der Waals surface area contributed by atoms with E-state index in [0.717, 1.165) is 54.4 Å².